The fourth-order valence-corrected chi connectivity index (χ4v) is 9.47. The lowest BCUT2D eigenvalue weighted by atomic mass is 9.53. The van der Waals surface area contributed by atoms with Crippen LogP contribution in [0.15, 0.2) is 110 Å². The molecule has 7 N–H and O–H groups in total. The van der Waals surface area contributed by atoms with Crippen molar-refractivity contribution < 1.29 is 28.7 Å². The summed E-state index contributed by atoms with van der Waals surface area (Å²) < 4.78 is 16.4. The lowest BCUT2D eigenvalue weighted by Gasteiger charge is -2.57. The van der Waals surface area contributed by atoms with Gasteiger partial charge >= 0.3 is 7.69 Å². The normalized spacial score (nSPS) is 22.4. The fraction of sp³-hybridized carbons (Fsp3) is 0.292. The molecule has 0 aliphatic heterocycles. The van der Waals surface area contributed by atoms with Gasteiger partial charge in [-0.15, -0.1) is 0 Å². The van der Waals surface area contributed by atoms with Gasteiger partial charge in [-0.25, -0.2) is 29.9 Å². The first-order valence-electron chi connectivity index (χ1n) is 21.7. The van der Waals surface area contributed by atoms with Gasteiger partial charge in [-0.1, -0.05) is 18.2 Å². The molecule has 6 aromatic rings. The van der Waals surface area contributed by atoms with Crippen molar-refractivity contribution in [3.8, 4) is 41.0 Å². The number of carbonyl (C=O) groups excluding carboxylic acids is 2. The number of rotatable bonds is 13. The van der Waals surface area contributed by atoms with E-state index in [2.05, 4.69) is 51.3 Å². The van der Waals surface area contributed by atoms with Crippen molar-refractivity contribution in [2.45, 2.75) is 75.7 Å². The van der Waals surface area contributed by atoms with Gasteiger partial charge in [0.1, 0.15) is 40.7 Å². The summed E-state index contributed by atoms with van der Waals surface area (Å²) in [6.07, 6.45) is 14.8. The molecule has 4 saturated carbocycles. The van der Waals surface area contributed by atoms with E-state index in [1.165, 1.54) is 6.07 Å². The molecular formula is C48H45BClN12O6. The molecule has 20 heteroatoms. The van der Waals surface area contributed by atoms with E-state index in [1.54, 1.807) is 79.4 Å². The number of nitrogens with two attached hydrogens (primary N) is 2. The lowest BCUT2D eigenvalue weighted by Crippen LogP contribution is -2.56. The molecule has 68 heavy (non-hydrogen) atoms. The number of nitrogens with one attached hydrogen (secondary N) is 2. The smallest absolute Gasteiger partial charge is 0.537 e. The number of hydrogen-bond acceptors (Lipinski definition) is 16. The Bertz CT molecular complexity index is 2850. The summed E-state index contributed by atoms with van der Waals surface area (Å²) in [7, 11) is 0.580. The van der Waals surface area contributed by atoms with Crippen LogP contribution in [-0.2, 0) is 0 Å². The summed E-state index contributed by atoms with van der Waals surface area (Å²) in [6, 6.07) is 28.9. The molecular weight excluding hydrogens is 887 g/mol. The predicted octanol–water partition coefficient (Wildman–Crippen LogP) is 6.20. The number of amides is 2. The van der Waals surface area contributed by atoms with Gasteiger partial charge in [-0.2, -0.15) is 10.5 Å². The van der Waals surface area contributed by atoms with Gasteiger partial charge in [0.2, 0.25) is 17.0 Å². The predicted molar refractivity (Wildman–Crippen MR) is 250 cm³/mol. The zero-order valence-corrected chi connectivity index (χ0v) is 37.3. The molecule has 2 spiro atoms. The van der Waals surface area contributed by atoms with Crippen LogP contribution in [0.1, 0.15) is 83.2 Å². The third-order valence-electron chi connectivity index (χ3n) is 12.4. The quantitative estimate of drug-likeness (QED) is 0.0636. The van der Waals surface area contributed by atoms with Crippen molar-refractivity contribution in [1.82, 2.24) is 29.9 Å². The highest BCUT2D eigenvalue weighted by Crippen LogP contribution is 2.58. The lowest BCUT2D eigenvalue weighted by molar-refractivity contribution is -0.0763. The number of aromatic nitrogens is 6. The van der Waals surface area contributed by atoms with E-state index >= 15 is 0 Å². The summed E-state index contributed by atoms with van der Waals surface area (Å²) in [5.41, 5.74) is 13.9. The number of nitriles is 2. The maximum absolute atomic E-state index is 11.5. The van der Waals surface area contributed by atoms with Crippen molar-refractivity contribution in [2.24, 2.45) is 22.3 Å². The number of anilines is 2. The first-order chi connectivity index (χ1) is 32.9. The molecule has 4 aliphatic rings. The summed E-state index contributed by atoms with van der Waals surface area (Å²) in [5, 5.41) is 32.9. The monoisotopic (exact) mass is 931 g/mol. The van der Waals surface area contributed by atoms with Crippen molar-refractivity contribution in [3.05, 3.63) is 137 Å². The highest BCUT2D eigenvalue weighted by atomic mass is 35.5. The van der Waals surface area contributed by atoms with Gasteiger partial charge in [0.25, 0.3) is 11.8 Å². The standard InChI is InChI=1S/C24H22N6O2.C17H18ClN5O2.C7H5BNO2/c25-14-15-3-1-4-16(9-15)22-27-8-6-20(30-22)29-17-10-24(11-17)12-18(13-24)32-23-19(21(26)31)5-2-7-28-23;18-16-21-5-3-13(23-16)22-10-6-17(7-10)8-11(9-17)25-15-12(14(19)24)2-1-4-20-15;9-5-6-2-1-3-7(4-6)11-8-10/h1-9,17-18H,10-13H2,(H2,26,31)(H,27,29,30);1-5,10-11H,6-9H2,(H2,19,24)(H,21,22,23);1-4,10H. The second-order valence-corrected chi connectivity index (χ2v) is 17.6. The minimum Gasteiger partial charge on any atom is -0.537 e. The first-order valence-corrected chi connectivity index (χ1v) is 22.1. The van der Waals surface area contributed by atoms with Crippen LogP contribution in [-0.4, -0.2) is 78.7 Å². The van der Waals surface area contributed by atoms with Gasteiger partial charge in [-0.05, 0) is 141 Å². The number of benzene rings is 2. The molecule has 10 rings (SSSR count). The first kappa shape index (κ1) is 46.7. The van der Waals surface area contributed by atoms with Gasteiger partial charge < -0.3 is 41.3 Å². The van der Waals surface area contributed by atoms with Crippen LogP contribution in [0, 0.1) is 33.5 Å². The molecule has 0 saturated heterocycles. The van der Waals surface area contributed by atoms with Crippen molar-refractivity contribution in [3.63, 3.8) is 0 Å². The molecule has 0 bridgehead atoms. The third kappa shape index (κ3) is 11.4. The van der Waals surface area contributed by atoms with Gasteiger partial charge in [0.05, 0.1) is 23.3 Å². The number of primary amides is 2. The van der Waals surface area contributed by atoms with Crippen molar-refractivity contribution >= 4 is 42.7 Å². The van der Waals surface area contributed by atoms with E-state index in [1.807, 2.05) is 30.3 Å². The molecule has 0 unspecified atom stereocenters. The zero-order valence-electron chi connectivity index (χ0n) is 36.5. The summed E-state index contributed by atoms with van der Waals surface area (Å²) in [6.45, 7) is 0. The highest BCUT2D eigenvalue weighted by molar-refractivity contribution is 6.28. The van der Waals surface area contributed by atoms with E-state index in [4.69, 9.17) is 48.1 Å². The molecule has 18 nitrogen and oxygen atoms in total. The largest absolute Gasteiger partial charge is 0.569 e. The van der Waals surface area contributed by atoms with E-state index in [0.717, 1.165) is 68.6 Å². The number of carbonyl (C=O) groups is 2. The van der Waals surface area contributed by atoms with Gasteiger partial charge in [0, 0.05) is 42.4 Å². The Labute approximate surface area is 397 Å². The Hall–Kier alpha value is -7.87. The average molecular weight is 932 g/mol. The molecule has 0 atom stereocenters. The Balaban J connectivity index is 0.000000154. The Morgan fingerprint density at radius 2 is 1.18 bits per heavy atom. The van der Waals surface area contributed by atoms with Gasteiger partial charge in [-0.3, -0.25) is 9.59 Å². The number of halogens is 1. The number of hydrogen-bond donors (Lipinski definition) is 5. The van der Waals surface area contributed by atoms with E-state index in [9.17, 15) is 9.59 Å². The molecule has 343 valence electrons. The van der Waals surface area contributed by atoms with E-state index < -0.39 is 11.8 Å². The zero-order chi connectivity index (χ0) is 47.7. The van der Waals surface area contributed by atoms with Crippen LogP contribution in [0.4, 0.5) is 11.6 Å². The molecule has 2 aromatic carbocycles. The fourth-order valence-electron chi connectivity index (χ4n) is 9.32. The Morgan fingerprint density at radius 3 is 1.69 bits per heavy atom. The highest BCUT2D eigenvalue weighted by Gasteiger charge is 2.55. The minimum atomic E-state index is -0.529. The number of ether oxygens (including phenoxy) is 2. The Kier molecular flexibility index (Phi) is 14.2. The molecule has 4 aromatic heterocycles. The third-order valence-corrected chi connectivity index (χ3v) is 12.6. The number of pyridine rings is 2. The van der Waals surface area contributed by atoms with Crippen LogP contribution in [0.5, 0.6) is 17.5 Å². The molecule has 4 heterocycles. The van der Waals surface area contributed by atoms with E-state index in [-0.39, 0.29) is 22.9 Å². The molecule has 4 aliphatic carbocycles. The van der Waals surface area contributed by atoms with Crippen LogP contribution >= 0.6 is 11.6 Å². The van der Waals surface area contributed by atoms with Crippen LogP contribution < -0.4 is 36.2 Å². The average Bonchev–Trinajstić information content (AvgIpc) is 3.29. The summed E-state index contributed by atoms with van der Waals surface area (Å²) in [5.74, 6) is 2.19. The molecule has 1 radical (unpaired) electrons. The minimum absolute atomic E-state index is 0.0574. The molecule has 4 fully saturated rings. The SMILES string of the molecule is N#Cc1cccc(-c2nccc(NC3CC4(C3)CC(Oc3ncccc3C(N)=O)C4)n2)c1.N#Cc1cccc(O[B]O)c1.NC(=O)c1cccnc1OC1CC2(CC(Nc3ccnc(Cl)n3)C2)C1. The van der Waals surface area contributed by atoms with Crippen LogP contribution in [0.25, 0.3) is 11.4 Å². The summed E-state index contributed by atoms with van der Waals surface area (Å²) in [4.78, 5) is 48.2. The second kappa shape index (κ2) is 20.8. The van der Waals surface area contributed by atoms with Crippen molar-refractivity contribution in [1.29, 1.82) is 10.5 Å². The maximum Gasteiger partial charge on any atom is 0.569 e. The molecule has 2 amide bonds. The van der Waals surface area contributed by atoms with Crippen molar-refractivity contribution in [2.75, 3.05) is 10.6 Å². The Morgan fingerprint density at radius 1 is 0.662 bits per heavy atom. The summed E-state index contributed by atoms with van der Waals surface area (Å²) >= 11 is 5.80. The van der Waals surface area contributed by atoms with Crippen LogP contribution in [0.3, 0.4) is 0 Å². The second-order valence-electron chi connectivity index (χ2n) is 17.3. The van der Waals surface area contributed by atoms with Crippen LogP contribution in [0.2, 0.25) is 5.28 Å². The van der Waals surface area contributed by atoms with Gasteiger partial charge in [0.15, 0.2) is 5.82 Å². The maximum atomic E-state index is 11.5. The van der Waals surface area contributed by atoms with E-state index in [0.29, 0.717) is 70.8 Å². The topological polar surface area (TPSA) is 283 Å². The number of nitrogens with zero attached hydrogens (tertiary/aromatic N) is 8.